The van der Waals surface area contributed by atoms with Crippen molar-refractivity contribution in [1.82, 2.24) is 4.98 Å². The van der Waals surface area contributed by atoms with E-state index in [1.54, 1.807) is 0 Å². The van der Waals surface area contributed by atoms with Crippen LogP contribution < -0.4 is 5.73 Å². The van der Waals surface area contributed by atoms with Crippen LogP contribution in [-0.4, -0.2) is 4.98 Å². The Kier molecular flexibility index (Phi) is 2.94. The molecular weight excluding hydrogens is 184 g/mol. The van der Waals surface area contributed by atoms with E-state index >= 15 is 0 Å². The minimum Gasteiger partial charge on any atom is -0.397 e. The summed E-state index contributed by atoms with van der Waals surface area (Å²) in [6.45, 7) is 4.39. The van der Waals surface area contributed by atoms with Crippen LogP contribution >= 0.6 is 0 Å². The SMILES string of the molecule is CC(C)Cc1ncc(C2CCC2)cc1N. The van der Waals surface area contributed by atoms with Crippen molar-refractivity contribution in [3.05, 3.63) is 23.5 Å². The van der Waals surface area contributed by atoms with Crippen LogP contribution in [0.25, 0.3) is 0 Å². The maximum atomic E-state index is 6.02. The summed E-state index contributed by atoms with van der Waals surface area (Å²) in [4.78, 5) is 4.50. The van der Waals surface area contributed by atoms with Gasteiger partial charge in [-0.15, -0.1) is 0 Å². The second-order valence-corrected chi connectivity index (χ2v) is 5.03. The molecule has 82 valence electrons. The second-order valence-electron chi connectivity index (χ2n) is 5.03. The summed E-state index contributed by atoms with van der Waals surface area (Å²) in [6.07, 6.45) is 6.99. The molecule has 0 radical (unpaired) electrons. The number of hydrogen-bond donors (Lipinski definition) is 1. The largest absolute Gasteiger partial charge is 0.397 e. The molecule has 0 aliphatic heterocycles. The predicted octanol–water partition coefficient (Wildman–Crippen LogP) is 3.13. The van der Waals surface area contributed by atoms with Crippen molar-refractivity contribution < 1.29 is 0 Å². The van der Waals surface area contributed by atoms with Crippen LogP contribution in [0, 0.1) is 5.92 Å². The van der Waals surface area contributed by atoms with E-state index in [-0.39, 0.29) is 0 Å². The molecule has 1 aliphatic carbocycles. The molecule has 2 rings (SSSR count). The van der Waals surface area contributed by atoms with Crippen LogP contribution in [0.1, 0.15) is 50.3 Å². The summed E-state index contributed by atoms with van der Waals surface area (Å²) in [6, 6.07) is 2.13. The number of pyridine rings is 1. The van der Waals surface area contributed by atoms with Gasteiger partial charge >= 0.3 is 0 Å². The maximum absolute atomic E-state index is 6.02. The van der Waals surface area contributed by atoms with E-state index in [1.807, 2.05) is 6.20 Å². The summed E-state index contributed by atoms with van der Waals surface area (Å²) in [5.74, 6) is 1.35. The van der Waals surface area contributed by atoms with E-state index in [0.717, 1.165) is 23.7 Å². The van der Waals surface area contributed by atoms with Gasteiger partial charge in [0.1, 0.15) is 0 Å². The Balaban J connectivity index is 2.14. The zero-order valence-electron chi connectivity index (χ0n) is 9.66. The fraction of sp³-hybridized carbons (Fsp3) is 0.615. The second kappa shape index (κ2) is 4.21. The van der Waals surface area contributed by atoms with Gasteiger partial charge in [0, 0.05) is 6.20 Å². The number of nitrogens with zero attached hydrogens (tertiary/aromatic N) is 1. The minimum atomic E-state index is 0.620. The van der Waals surface area contributed by atoms with E-state index in [1.165, 1.54) is 24.8 Å². The average Bonchev–Trinajstić information content (AvgIpc) is 2.06. The molecular formula is C13H20N2. The van der Waals surface area contributed by atoms with E-state index in [9.17, 15) is 0 Å². The molecule has 1 aromatic heterocycles. The number of nitrogens with two attached hydrogens (primary N) is 1. The van der Waals surface area contributed by atoms with Crippen molar-refractivity contribution >= 4 is 5.69 Å². The van der Waals surface area contributed by atoms with Crippen molar-refractivity contribution in [2.45, 2.75) is 45.4 Å². The highest BCUT2D eigenvalue weighted by Gasteiger charge is 2.20. The lowest BCUT2D eigenvalue weighted by molar-refractivity contribution is 0.418. The summed E-state index contributed by atoms with van der Waals surface area (Å²) in [5, 5.41) is 0. The summed E-state index contributed by atoms with van der Waals surface area (Å²) in [5.41, 5.74) is 9.31. The zero-order valence-corrected chi connectivity index (χ0v) is 9.66. The van der Waals surface area contributed by atoms with Crippen molar-refractivity contribution in [1.29, 1.82) is 0 Å². The summed E-state index contributed by atoms with van der Waals surface area (Å²) in [7, 11) is 0. The molecule has 1 saturated carbocycles. The van der Waals surface area contributed by atoms with Crippen molar-refractivity contribution in [3.8, 4) is 0 Å². The van der Waals surface area contributed by atoms with Gasteiger partial charge in [-0.2, -0.15) is 0 Å². The van der Waals surface area contributed by atoms with Crippen LogP contribution in [0.3, 0.4) is 0 Å². The van der Waals surface area contributed by atoms with E-state index in [4.69, 9.17) is 5.73 Å². The summed E-state index contributed by atoms with van der Waals surface area (Å²) < 4.78 is 0. The van der Waals surface area contributed by atoms with Crippen molar-refractivity contribution in [2.24, 2.45) is 5.92 Å². The van der Waals surface area contributed by atoms with Crippen molar-refractivity contribution in [2.75, 3.05) is 5.73 Å². The molecule has 0 saturated heterocycles. The van der Waals surface area contributed by atoms with Gasteiger partial charge in [-0.05, 0) is 42.7 Å². The number of nitrogen functional groups attached to an aromatic ring is 1. The quantitative estimate of drug-likeness (QED) is 0.821. The minimum absolute atomic E-state index is 0.620. The molecule has 1 aliphatic rings. The zero-order chi connectivity index (χ0) is 10.8. The van der Waals surface area contributed by atoms with E-state index in [2.05, 4.69) is 24.9 Å². The van der Waals surface area contributed by atoms with E-state index < -0.39 is 0 Å². The first-order valence-electron chi connectivity index (χ1n) is 5.91. The highest BCUT2D eigenvalue weighted by Crippen LogP contribution is 2.36. The Bertz CT molecular complexity index is 340. The monoisotopic (exact) mass is 204 g/mol. The Labute approximate surface area is 91.9 Å². The van der Waals surface area contributed by atoms with Crippen LogP contribution in [-0.2, 0) is 6.42 Å². The van der Waals surface area contributed by atoms with Crippen LogP contribution in [0.4, 0.5) is 5.69 Å². The number of aromatic nitrogens is 1. The maximum Gasteiger partial charge on any atom is 0.0635 e. The fourth-order valence-corrected chi connectivity index (χ4v) is 2.05. The normalized spacial score (nSPS) is 16.7. The molecule has 1 fully saturated rings. The number of hydrogen-bond acceptors (Lipinski definition) is 2. The predicted molar refractivity (Wildman–Crippen MR) is 63.8 cm³/mol. The van der Waals surface area contributed by atoms with Gasteiger partial charge in [-0.1, -0.05) is 20.3 Å². The Morgan fingerprint density at radius 2 is 2.20 bits per heavy atom. The van der Waals surface area contributed by atoms with Gasteiger partial charge in [0.15, 0.2) is 0 Å². The molecule has 0 atom stereocenters. The van der Waals surface area contributed by atoms with Crippen LogP contribution in [0.2, 0.25) is 0 Å². The summed E-state index contributed by atoms with van der Waals surface area (Å²) >= 11 is 0. The smallest absolute Gasteiger partial charge is 0.0635 e. The highest BCUT2D eigenvalue weighted by atomic mass is 14.7. The molecule has 1 aromatic rings. The molecule has 2 heteroatoms. The average molecular weight is 204 g/mol. The van der Waals surface area contributed by atoms with Gasteiger partial charge in [-0.25, -0.2) is 0 Å². The van der Waals surface area contributed by atoms with E-state index in [0.29, 0.717) is 5.92 Å². The van der Waals surface area contributed by atoms with Gasteiger partial charge in [-0.3, -0.25) is 4.98 Å². The molecule has 0 amide bonds. The molecule has 0 unspecified atom stereocenters. The Morgan fingerprint density at radius 1 is 1.47 bits per heavy atom. The third-order valence-electron chi connectivity index (χ3n) is 3.20. The standard InChI is InChI=1S/C13H20N2/c1-9(2)6-13-12(14)7-11(8-15-13)10-4-3-5-10/h7-10H,3-6,14H2,1-2H3. The fourth-order valence-electron chi connectivity index (χ4n) is 2.05. The topological polar surface area (TPSA) is 38.9 Å². The molecule has 15 heavy (non-hydrogen) atoms. The molecule has 0 spiro atoms. The number of anilines is 1. The Hall–Kier alpha value is -1.05. The molecule has 1 heterocycles. The first kappa shape index (κ1) is 10.5. The van der Waals surface area contributed by atoms with Gasteiger partial charge in [0.05, 0.1) is 11.4 Å². The molecule has 0 aromatic carbocycles. The number of rotatable bonds is 3. The first-order valence-corrected chi connectivity index (χ1v) is 5.91. The molecule has 2 nitrogen and oxygen atoms in total. The molecule has 2 N–H and O–H groups in total. The third-order valence-corrected chi connectivity index (χ3v) is 3.20. The first-order chi connectivity index (χ1) is 7.16. The lowest BCUT2D eigenvalue weighted by atomic mass is 9.80. The molecule has 0 bridgehead atoms. The van der Waals surface area contributed by atoms with Crippen LogP contribution in [0.15, 0.2) is 12.3 Å². The van der Waals surface area contributed by atoms with Gasteiger partial charge in [0.25, 0.3) is 0 Å². The third kappa shape index (κ3) is 2.31. The van der Waals surface area contributed by atoms with Gasteiger partial charge < -0.3 is 5.73 Å². The van der Waals surface area contributed by atoms with Crippen molar-refractivity contribution in [3.63, 3.8) is 0 Å². The highest BCUT2D eigenvalue weighted by molar-refractivity contribution is 5.46. The van der Waals surface area contributed by atoms with Crippen LogP contribution in [0.5, 0.6) is 0 Å². The lowest BCUT2D eigenvalue weighted by Gasteiger charge is -2.26. The lowest BCUT2D eigenvalue weighted by Crippen LogP contribution is -2.11. The van der Waals surface area contributed by atoms with Gasteiger partial charge in [0.2, 0.25) is 0 Å². The Morgan fingerprint density at radius 3 is 2.67 bits per heavy atom.